The van der Waals surface area contributed by atoms with Crippen molar-refractivity contribution >= 4 is 0 Å². The van der Waals surface area contributed by atoms with E-state index < -0.39 is 0 Å². The maximum absolute atomic E-state index is 4.45. The van der Waals surface area contributed by atoms with Gasteiger partial charge >= 0.3 is 0 Å². The van der Waals surface area contributed by atoms with Gasteiger partial charge in [-0.2, -0.15) is 10.2 Å². The molecule has 0 amide bonds. The highest BCUT2D eigenvalue weighted by Gasteiger charge is 2.20. The third kappa shape index (κ3) is 2.87. The Balaban J connectivity index is 2.38. The summed E-state index contributed by atoms with van der Waals surface area (Å²) in [5.41, 5.74) is 3.42. The molecule has 5 nitrogen and oxygen atoms in total. The van der Waals surface area contributed by atoms with Crippen LogP contribution < -0.4 is 5.32 Å². The fourth-order valence-electron chi connectivity index (χ4n) is 2.40. The van der Waals surface area contributed by atoms with Crippen LogP contribution in [0.15, 0.2) is 18.3 Å². The molecule has 0 aliphatic rings. The van der Waals surface area contributed by atoms with E-state index in [0.29, 0.717) is 0 Å². The molecule has 0 bridgehead atoms. The van der Waals surface area contributed by atoms with Crippen molar-refractivity contribution in [3.63, 3.8) is 0 Å². The molecule has 2 aromatic rings. The summed E-state index contributed by atoms with van der Waals surface area (Å²) in [6.07, 6.45) is 2.97. The second kappa shape index (κ2) is 6.02. The van der Waals surface area contributed by atoms with Crippen molar-refractivity contribution in [2.45, 2.75) is 39.8 Å². The zero-order valence-electron chi connectivity index (χ0n) is 12.2. The molecule has 0 aliphatic carbocycles. The van der Waals surface area contributed by atoms with Gasteiger partial charge in [0, 0.05) is 19.8 Å². The maximum atomic E-state index is 4.45. The van der Waals surface area contributed by atoms with Gasteiger partial charge < -0.3 is 5.32 Å². The largest absolute Gasteiger partial charge is 0.304 e. The zero-order valence-corrected chi connectivity index (χ0v) is 12.2. The zero-order chi connectivity index (χ0) is 13.8. The van der Waals surface area contributed by atoms with Crippen molar-refractivity contribution < 1.29 is 0 Å². The molecule has 0 aliphatic heterocycles. The minimum Gasteiger partial charge on any atom is -0.304 e. The third-order valence-electron chi connectivity index (χ3n) is 3.28. The Hall–Kier alpha value is -1.62. The van der Waals surface area contributed by atoms with Crippen LogP contribution in [0.5, 0.6) is 0 Å². The minimum absolute atomic E-state index is 0.147. The van der Waals surface area contributed by atoms with Gasteiger partial charge in [0.2, 0.25) is 0 Å². The summed E-state index contributed by atoms with van der Waals surface area (Å²) in [5, 5.41) is 12.4. The van der Waals surface area contributed by atoms with Gasteiger partial charge in [-0.15, -0.1) is 0 Å². The van der Waals surface area contributed by atoms with Crippen LogP contribution in [0.3, 0.4) is 0 Å². The Labute approximate surface area is 114 Å². The lowest BCUT2D eigenvalue weighted by molar-refractivity contribution is 0.503. The molecule has 2 aromatic heterocycles. The van der Waals surface area contributed by atoms with Crippen molar-refractivity contribution in [1.29, 1.82) is 0 Å². The van der Waals surface area contributed by atoms with Crippen molar-refractivity contribution in [3.05, 3.63) is 35.4 Å². The Morgan fingerprint density at radius 3 is 2.68 bits per heavy atom. The molecule has 1 N–H and O–H groups in total. The highest BCUT2D eigenvalue weighted by atomic mass is 15.3. The standard InChI is InChI=1S/C14H23N5/c1-5-8-15-14(12-7-9-16-19(12)6-2)13-10-11(3)17-18(13)4/h7,9-10,14-15H,5-6,8H2,1-4H3. The first-order valence-electron chi connectivity index (χ1n) is 6.93. The van der Waals surface area contributed by atoms with E-state index in [0.717, 1.165) is 25.2 Å². The predicted molar refractivity (Wildman–Crippen MR) is 76.0 cm³/mol. The molecule has 0 fully saturated rings. The van der Waals surface area contributed by atoms with Crippen molar-refractivity contribution in [2.75, 3.05) is 6.54 Å². The van der Waals surface area contributed by atoms with Crippen LogP contribution in [0.25, 0.3) is 0 Å². The van der Waals surface area contributed by atoms with Crippen LogP contribution in [0.4, 0.5) is 0 Å². The van der Waals surface area contributed by atoms with Crippen LogP contribution in [-0.4, -0.2) is 26.1 Å². The van der Waals surface area contributed by atoms with E-state index >= 15 is 0 Å². The van der Waals surface area contributed by atoms with Crippen LogP contribution in [0.1, 0.15) is 43.4 Å². The van der Waals surface area contributed by atoms with Crippen LogP contribution >= 0.6 is 0 Å². The van der Waals surface area contributed by atoms with E-state index in [1.807, 2.05) is 29.5 Å². The number of hydrogen-bond acceptors (Lipinski definition) is 3. The Kier molecular flexibility index (Phi) is 4.37. The number of hydrogen-bond donors (Lipinski definition) is 1. The first kappa shape index (κ1) is 13.8. The van der Waals surface area contributed by atoms with Gasteiger partial charge in [0.05, 0.1) is 23.1 Å². The van der Waals surface area contributed by atoms with Gasteiger partial charge in [-0.05, 0) is 38.9 Å². The van der Waals surface area contributed by atoms with E-state index in [1.54, 1.807) is 0 Å². The minimum atomic E-state index is 0.147. The van der Waals surface area contributed by atoms with Gasteiger partial charge in [0.25, 0.3) is 0 Å². The Morgan fingerprint density at radius 2 is 2.11 bits per heavy atom. The number of aromatic nitrogens is 4. The molecule has 0 saturated heterocycles. The number of nitrogens with zero attached hydrogens (tertiary/aromatic N) is 4. The summed E-state index contributed by atoms with van der Waals surface area (Å²) < 4.78 is 3.99. The van der Waals surface area contributed by atoms with Crippen LogP contribution in [0, 0.1) is 6.92 Å². The molecule has 1 atom stereocenters. The third-order valence-corrected chi connectivity index (χ3v) is 3.28. The molecule has 104 valence electrons. The van der Waals surface area contributed by atoms with Crippen molar-refractivity contribution in [3.8, 4) is 0 Å². The molecule has 0 radical (unpaired) electrons. The van der Waals surface area contributed by atoms with Crippen molar-refractivity contribution in [1.82, 2.24) is 24.9 Å². The molecule has 2 heterocycles. The topological polar surface area (TPSA) is 47.7 Å². The number of rotatable bonds is 6. The smallest absolute Gasteiger partial charge is 0.0918 e. The fraction of sp³-hybridized carbons (Fsp3) is 0.571. The van der Waals surface area contributed by atoms with Gasteiger partial charge in [0.15, 0.2) is 0 Å². The summed E-state index contributed by atoms with van der Waals surface area (Å²) >= 11 is 0. The molecule has 19 heavy (non-hydrogen) atoms. The SMILES string of the molecule is CCCNC(c1cc(C)nn1C)c1ccnn1CC. The van der Waals surface area contributed by atoms with E-state index in [4.69, 9.17) is 0 Å². The number of aryl methyl sites for hydroxylation is 3. The monoisotopic (exact) mass is 261 g/mol. The highest BCUT2D eigenvalue weighted by molar-refractivity contribution is 5.23. The molecule has 0 saturated carbocycles. The normalized spacial score (nSPS) is 12.8. The molecular formula is C14H23N5. The van der Waals surface area contributed by atoms with Gasteiger partial charge in [-0.25, -0.2) is 0 Å². The summed E-state index contributed by atoms with van der Waals surface area (Å²) in [6, 6.07) is 4.37. The molecule has 2 rings (SSSR count). The Bertz CT molecular complexity index is 526. The van der Waals surface area contributed by atoms with Crippen LogP contribution in [-0.2, 0) is 13.6 Å². The Morgan fingerprint density at radius 1 is 1.32 bits per heavy atom. The van der Waals surface area contributed by atoms with Gasteiger partial charge in [-0.3, -0.25) is 9.36 Å². The summed E-state index contributed by atoms with van der Waals surface area (Å²) in [5.74, 6) is 0. The molecule has 1 unspecified atom stereocenters. The number of nitrogens with one attached hydrogen (secondary N) is 1. The molecule has 0 aromatic carbocycles. The second-order valence-electron chi connectivity index (χ2n) is 4.79. The van der Waals surface area contributed by atoms with Gasteiger partial charge in [-0.1, -0.05) is 6.92 Å². The first-order valence-corrected chi connectivity index (χ1v) is 6.93. The predicted octanol–water partition coefficient (Wildman–Crippen LogP) is 2.03. The lowest BCUT2D eigenvalue weighted by atomic mass is 10.1. The fourth-order valence-corrected chi connectivity index (χ4v) is 2.40. The van der Waals surface area contributed by atoms with Crippen LogP contribution in [0.2, 0.25) is 0 Å². The van der Waals surface area contributed by atoms with E-state index in [-0.39, 0.29) is 6.04 Å². The second-order valence-corrected chi connectivity index (χ2v) is 4.79. The van der Waals surface area contributed by atoms with E-state index in [2.05, 4.69) is 41.5 Å². The molecule has 0 spiro atoms. The van der Waals surface area contributed by atoms with Crippen molar-refractivity contribution in [2.24, 2.45) is 7.05 Å². The first-order chi connectivity index (χ1) is 9.17. The average molecular weight is 261 g/mol. The molecular weight excluding hydrogens is 238 g/mol. The summed E-state index contributed by atoms with van der Waals surface area (Å²) in [4.78, 5) is 0. The quantitative estimate of drug-likeness (QED) is 0.865. The van der Waals surface area contributed by atoms with E-state index in [9.17, 15) is 0 Å². The summed E-state index contributed by atoms with van der Waals surface area (Å²) in [7, 11) is 2.00. The molecule has 5 heteroatoms. The lowest BCUT2D eigenvalue weighted by Gasteiger charge is -2.19. The highest BCUT2D eigenvalue weighted by Crippen LogP contribution is 2.22. The van der Waals surface area contributed by atoms with E-state index in [1.165, 1.54) is 11.4 Å². The lowest BCUT2D eigenvalue weighted by Crippen LogP contribution is -2.27. The maximum Gasteiger partial charge on any atom is 0.0918 e. The average Bonchev–Trinajstić information content (AvgIpc) is 2.97. The van der Waals surface area contributed by atoms with Gasteiger partial charge in [0.1, 0.15) is 0 Å². The summed E-state index contributed by atoms with van der Waals surface area (Å²) in [6.45, 7) is 8.17.